The molecule has 0 unspecified atom stereocenters. The van der Waals surface area contributed by atoms with Crippen LogP contribution in [0.5, 0.6) is 0 Å². The molecule has 0 saturated carbocycles. The van der Waals surface area contributed by atoms with Gasteiger partial charge in [0.25, 0.3) is 0 Å². The fourth-order valence-corrected chi connectivity index (χ4v) is 1.72. The highest BCUT2D eigenvalue weighted by Crippen LogP contribution is 2.05. The van der Waals surface area contributed by atoms with Gasteiger partial charge in [-0.1, -0.05) is 30.3 Å². The maximum Gasteiger partial charge on any atom is 0.0428 e. The molecule has 1 aliphatic heterocycles. The van der Waals surface area contributed by atoms with E-state index in [0.717, 1.165) is 26.2 Å². The average Bonchev–Trinajstić information content (AvgIpc) is 2.42. The van der Waals surface area contributed by atoms with Crippen LogP contribution in [0, 0.1) is 0 Å². The zero-order valence-corrected chi connectivity index (χ0v) is 8.37. The Bertz CT molecular complexity index is 327. The van der Waals surface area contributed by atoms with E-state index in [1.54, 1.807) is 0 Å². The lowest BCUT2D eigenvalue weighted by molar-refractivity contribution is 0.284. The van der Waals surface area contributed by atoms with Crippen LogP contribution < -0.4 is 5.32 Å². The molecular formula is C12H18N2. The summed E-state index contributed by atoms with van der Waals surface area (Å²) in [6.07, 6.45) is 0.555. The van der Waals surface area contributed by atoms with Gasteiger partial charge in [0, 0.05) is 22.4 Å². The van der Waals surface area contributed by atoms with Gasteiger partial charge in [-0.25, -0.2) is 0 Å². The molecule has 1 aromatic rings. The lowest BCUT2D eigenvalue weighted by Gasteiger charge is -2.19. The van der Waals surface area contributed by atoms with Crippen molar-refractivity contribution in [3.8, 4) is 0 Å². The molecule has 0 atom stereocenters. The van der Waals surface area contributed by atoms with Crippen molar-refractivity contribution < 1.29 is 2.74 Å². The molecular weight excluding hydrogens is 172 g/mol. The van der Waals surface area contributed by atoms with Gasteiger partial charge in [-0.2, -0.15) is 0 Å². The molecule has 0 aliphatic carbocycles. The monoisotopic (exact) mass is 192 g/mol. The summed E-state index contributed by atoms with van der Waals surface area (Å²) in [5.41, 5.74) is 1.30. The van der Waals surface area contributed by atoms with Gasteiger partial charge in [0.15, 0.2) is 0 Å². The Balaban J connectivity index is 1.92. The van der Waals surface area contributed by atoms with E-state index in [9.17, 15) is 0 Å². The van der Waals surface area contributed by atoms with E-state index in [1.165, 1.54) is 5.56 Å². The molecule has 1 heterocycles. The van der Waals surface area contributed by atoms with Crippen LogP contribution in [0.2, 0.25) is 0 Å². The predicted octanol–water partition coefficient (Wildman–Crippen LogP) is 1.48. The first-order valence-electron chi connectivity index (χ1n) is 6.17. The normalized spacial score (nSPS) is 24.9. The van der Waals surface area contributed by atoms with Gasteiger partial charge >= 0.3 is 0 Å². The van der Waals surface area contributed by atoms with Gasteiger partial charge in [-0.3, -0.25) is 4.90 Å². The Morgan fingerprint density at radius 3 is 3.00 bits per heavy atom. The van der Waals surface area contributed by atoms with Crippen LogP contribution in [0.3, 0.4) is 0 Å². The molecule has 2 heteroatoms. The summed E-state index contributed by atoms with van der Waals surface area (Å²) in [5.74, 6) is 0. The van der Waals surface area contributed by atoms with Crippen molar-refractivity contribution >= 4 is 0 Å². The molecule has 76 valence electrons. The number of nitrogens with one attached hydrogen (secondary N) is 1. The molecule has 1 aromatic carbocycles. The minimum Gasteiger partial charge on any atom is -0.315 e. The van der Waals surface area contributed by atoms with Crippen molar-refractivity contribution in [3.63, 3.8) is 0 Å². The van der Waals surface area contributed by atoms with Gasteiger partial charge in [0.05, 0.1) is 0 Å². The number of nitrogens with zero attached hydrogens (tertiary/aromatic N) is 1. The molecule has 0 aromatic heterocycles. The van der Waals surface area contributed by atoms with Gasteiger partial charge in [0.1, 0.15) is 0 Å². The highest BCUT2D eigenvalue weighted by Gasteiger charge is 2.07. The fourth-order valence-electron chi connectivity index (χ4n) is 1.72. The van der Waals surface area contributed by atoms with E-state index < -0.39 is 6.50 Å². The number of benzene rings is 1. The van der Waals surface area contributed by atoms with E-state index in [-0.39, 0.29) is 0 Å². The van der Waals surface area contributed by atoms with Crippen LogP contribution in [0.25, 0.3) is 0 Å². The molecule has 1 saturated heterocycles. The summed E-state index contributed by atoms with van der Waals surface area (Å²) in [6.45, 7) is 2.16. The summed E-state index contributed by atoms with van der Waals surface area (Å²) in [6, 6.07) is 10.3. The van der Waals surface area contributed by atoms with Crippen molar-refractivity contribution in [3.05, 3.63) is 35.9 Å². The van der Waals surface area contributed by atoms with Gasteiger partial charge in [0.2, 0.25) is 0 Å². The summed E-state index contributed by atoms with van der Waals surface area (Å²) >= 11 is 0. The third-order valence-corrected chi connectivity index (χ3v) is 2.48. The Morgan fingerprint density at radius 1 is 1.29 bits per heavy atom. The Labute approximate surface area is 88.7 Å². The Morgan fingerprint density at radius 2 is 2.14 bits per heavy atom. The average molecular weight is 192 g/mol. The van der Waals surface area contributed by atoms with E-state index in [4.69, 9.17) is 2.74 Å². The standard InChI is InChI=1S/C12H18N2/c1-2-5-12(6-3-1)11-14-9-4-7-13-8-10-14/h1-3,5-6,13H,4,7-11H2/i7D2. The molecule has 2 rings (SSSR count). The van der Waals surface area contributed by atoms with Crippen molar-refractivity contribution in [2.45, 2.75) is 13.0 Å². The van der Waals surface area contributed by atoms with Crippen molar-refractivity contribution in [2.24, 2.45) is 0 Å². The van der Waals surface area contributed by atoms with Crippen molar-refractivity contribution in [1.29, 1.82) is 0 Å². The minimum atomic E-state index is -1.20. The van der Waals surface area contributed by atoms with Gasteiger partial charge in [-0.15, -0.1) is 0 Å². The second-order valence-corrected chi connectivity index (χ2v) is 3.62. The first-order valence-corrected chi connectivity index (χ1v) is 5.17. The highest BCUT2D eigenvalue weighted by atomic mass is 15.1. The van der Waals surface area contributed by atoms with Crippen LogP contribution >= 0.6 is 0 Å². The number of hydrogen-bond acceptors (Lipinski definition) is 2. The summed E-state index contributed by atoms with van der Waals surface area (Å²) in [5, 5.41) is 2.93. The highest BCUT2D eigenvalue weighted by molar-refractivity contribution is 5.14. The minimum absolute atomic E-state index is 0.555. The summed E-state index contributed by atoms with van der Waals surface area (Å²) in [7, 11) is 0. The summed E-state index contributed by atoms with van der Waals surface area (Å²) in [4.78, 5) is 2.30. The zero-order chi connectivity index (χ0) is 11.4. The number of hydrogen-bond donors (Lipinski definition) is 1. The first kappa shape index (κ1) is 7.43. The molecule has 1 aliphatic rings. The smallest absolute Gasteiger partial charge is 0.0428 e. The quantitative estimate of drug-likeness (QED) is 0.763. The van der Waals surface area contributed by atoms with Crippen molar-refractivity contribution in [2.75, 3.05) is 26.1 Å². The van der Waals surface area contributed by atoms with Crippen LogP contribution in [0.15, 0.2) is 30.3 Å². The molecule has 0 radical (unpaired) electrons. The fraction of sp³-hybridized carbons (Fsp3) is 0.500. The van der Waals surface area contributed by atoms with Crippen LogP contribution in [-0.2, 0) is 6.54 Å². The molecule has 1 N–H and O–H groups in total. The first-order chi connectivity index (χ1) is 7.66. The number of rotatable bonds is 2. The van der Waals surface area contributed by atoms with E-state index in [0.29, 0.717) is 6.42 Å². The second kappa shape index (κ2) is 5.13. The third kappa shape index (κ3) is 2.82. The Hall–Kier alpha value is -0.860. The van der Waals surface area contributed by atoms with E-state index in [2.05, 4.69) is 22.3 Å². The van der Waals surface area contributed by atoms with E-state index in [1.807, 2.05) is 18.2 Å². The largest absolute Gasteiger partial charge is 0.315 e. The maximum absolute atomic E-state index is 7.66. The molecule has 0 amide bonds. The SMILES string of the molecule is [2H]C1([2H])CCN(Cc2ccccc2)CCN1. The lowest BCUT2D eigenvalue weighted by atomic mass is 10.2. The second-order valence-electron chi connectivity index (χ2n) is 3.62. The summed E-state index contributed by atoms with van der Waals surface area (Å²) < 4.78 is 15.3. The molecule has 14 heavy (non-hydrogen) atoms. The Kier molecular flexibility index (Phi) is 2.72. The van der Waals surface area contributed by atoms with Crippen LogP contribution in [0.1, 0.15) is 14.7 Å². The molecule has 0 spiro atoms. The third-order valence-electron chi connectivity index (χ3n) is 2.48. The predicted molar refractivity (Wildman–Crippen MR) is 59.2 cm³/mol. The van der Waals surface area contributed by atoms with Crippen molar-refractivity contribution in [1.82, 2.24) is 10.2 Å². The topological polar surface area (TPSA) is 15.3 Å². The van der Waals surface area contributed by atoms with Crippen LogP contribution in [-0.4, -0.2) is 31.0 Å². The molecule has 1 fully saturated rings. The molecule has 2 nitrogen and oxygen atoms in total. The van der Waals surface area contributed by atoms with Crippen LogP contribution in [0.4, 0.5) is 0 Å². The zero-order valence-electron chi connectivity index (χ0n) is 10.4. The maximum atomic E-state index is 7.66. The van der Waals surface area contributed by atoms with Gasteiger partial charge in [-0.05, 0) is 25.0 Å². The van der Waals surface area contributed by atoms with E-state index >= 15 is 0 Å². The lowest BCUT2D eigenvalue weighted by Crippen LogP contribution is -2.27. The molecule has 0 bridgehead atoms. The van der Waals surface area contributed by atoms with Gasteiger partial charge < -0.3 is 5.32 Å².